The minimum absolute atomic E-state index is 0. The number of rotatable bonds is 0. The topological polar surface area (TPSA) is 20.2 Å². The molecule has 0 spiro atoms. The molecule has 0 amide bonds. The van der Waals surface area contributed by atoms with Crippen LogP contribution in [0.2, 0.25) is 0 Å². The van der Waals surface area contributed by atoms with Crippen molar-refractivity contribution in [3.8, 4) is 0 Å². The molecule has 0 radical (unpaired) electrons. The van der Waals surface area contributed by atoms with Crippen LogP contribution in [-0.2, 0) is 0 Å². The molecule has 0 unspecified atom stereocenters. The van der Waals surface area contributed by atoms with E-state index in [4.69, 9.17) is 5.11 Å². The van der Waals surface area contributed by atoms with Gasteiger partial charge in [0, 0.05) is 0 Å². The van der Waals surface area contributed by atoms with E-state index in [1.165, 1.54) is 0 Å². The summed E-state index contributed by atoms with van der Waals surface area (Å²) in [5.41, 5.74) is 0. The summed E-state index contributed by atoms with van der Waals surface area (Å²) in [5, 5.41) is 7.27. The van der Waals surface area contributed by atoms with Crippen molar-refractivity contribution in [3.63, 3.8) is 0 Å². The first-order chi connectivity index (χ1) is 4.50. The van der Waals surface area contributed by atoms with Crippen LogP contribution in [0, 0.1) is 0 Å². The molecule has 0 aliphatic rings. The van der Waals surface area contributed by atoms with E-state index in [1.54, 1.807) is 0 Å². The Morgan fingerprint density at radius 2 is 0.917 bits per heavy atom. The Kier molecular flexibility index (Phi) is 5.31. The Balaban J connectivity index is -0.000000500. The predicted octanol–water partition coefficient (Wildman–Crippen LogP) is -1.11. The van der Waals surface area contributed by atoms with E-state index in [9.17, 15) is 30.7 Å². The van der Waals surface area contributed by atoms with Gasteiger partial charge in [0.15, 0.2) is 0 Å². The van der Waals surface area contributed by atoms with Crippen molar-refractivity contribution in [2.45, 2.75) is 18.2 Å². The molecular formula is C3H2F7KO. The predicted molar refractivity (Wildman–Crippen MR) is 19.3 cm³/mol. The summed E-state index contributed by atoms with van der Waals surface area (Å²) in [6.45, 7) is 0. The molecular weight excluding hydrogens is 224 g/mol. The molecule has 0 aromatic heterocycles. The second kappa shape index (κ2) is 4.09. The van der Waals surface area contributed by atoms with Crippen LogP contribution >= 0.6 is 0 Å². The number of alkyl halides is 7. The molecule has 0 saturated heterocycles. The molecule has 0 atom stereocenters. The maximum absolute atomic E-state index is 11.4. The van der Waals surface area contributed by atoms with Crippen molar-refractivity contribution in [1.82, 2.24) is 0 Å². The van der Waals surface area contributed by atoms with Gasteiger partial charge in [-0.15, -0.1) is 0 Å². The standard InChI is InChI=1S/C3HF7O.K.H/c4-1(11,2(5,6)7)3(8,9)10;;/h11H;;/q;+1;-1. The third-order valence-electron chi connectivity index (χ3n) is 0.751. The zero-order chi connectivity index (χ0) is 9.50. The summed E-state index contributed by atoms with van der Waals surface area (Å²) in [7, 11) is 0. The first kappa shape index (κ1) is 15.6. The fourth-order valence-electron chi connectivity index (χ4n) is 0.161. The number of hydrogen-bond acceptors (Lipinski definition) is 1. The first-order valence-electron chi connectivity index (χ1n) is 2.05. The Morgan fingerprint density at radius 3 is 0.917 bits per heavy atom. The fraction of sp³-hybridized carbons (Fsp3) is 1.00. The van der Waals surface area contributed by atoms with Crippen molar-refractivity contribution < 1.29 is 88.7 Å². The van der Waals surface area contributed by atoms with Crippen LogP contribution in [0.15, 0.2) is 0 Å². The minimum Gasteiger partial charge on any atom is -1.00 e. The van der Waals surface area contributed by atoms with Gasteiger partial charge in [-0.3, -0.25) is 0 Å². The smallest absolute Gasteiger partial charge is 1.00 e. The summed E-state index contributed by atoms with van der Waals surface area (Å²) in [6.07, 6.45) is -12.7. The van der Waals surface area contributed by atoms with Crippen molar-refractivity contribution in [2.75, 3.05) is 0 Å². The molecule has 0 fully saturated rings. The molecule has 1 nitrogen and oxygen atoms in total. The third-order valence-corrected chi connectivity index (χ3v) is 0.751. The van der Waals surface area contributed by atoms with Crippen molar-refractivity contribution in [1.29, 1.82) is 0 Å². The number of halogens is 7. The van der Waals surface area contributed by atoms with Gasteiger partial charge in [0.2, 0.25) is 0 Å². The Morgan fingerprint density at radius 1 is 0.750 bits per heavy atom. The summed E-state index contributed by atoms with van der Waals surface area (Å²) < 4.78 is 77.3. The van der Waals surface area contributed by atoms with E-state index >= 15 is 0 Å². The molecule has 0 aliphatic heterocycles. The molecule has 0 aromatic rings. The van der Waals surface area contributed by atoms with Crippen molar-refractivity contribution in [2.24, 2.45) is 0 Å². The molecule has 0 aromatic carbocycles. The first-order valence-corrected chi connectivity index (χ1v) is 2.05. The summed E-state index contributed by atoms with van der Waals surface area (Å²) in [6, 6.07) is 0. The Labute approximate surface area is 106 Å². The summed E-state index contributed by atoms with van der Waals surface area (Å²) in [4.78, 5) is 0. The van der Waals surface area contributed by atoms with Gasteiger partial charge in [-0.1, -0.05) is 0 Å². The van der Waals surface area contributed by atoms with E-state index in [-0.39, 0.29) is 52.8 Å². The minimum atomic E-state index is -6.36. The third kappa shape index (κ3) is 3.11. The summed E-state index contributed by atoms with van der Waals surface area (Å²) in [5.74, 6) is -6.12. The average Bonchev–Trinajstić information content (AvgIpc) is 1.58. The maximum Gasteiger partial charge on any atom is 1.00 e. The molecule has 12 heavy (non-hydrogen) atoms. The molecule has 70 valence electrons. The van der Waals surface area contributed by atoms with Crippen molar-refractivity contribution >= 4 is 0 Å². The quantitative estimate of drug-likeness (QED) is 0.410. The van der Waals surface area contributed by atoms with E-state index in [1.807, 2.05) is 0 Å². The van der Waals surface area contributed by atoms with Gasteiger partial charge in [0.25, 0.3) is 0 Å². The number of aliphatic hydroxyl groups is 1. The average molecular weight is 226 g/mol. The van der Waals surface area contributed by atoms with Crippen LogP contribution < -0.4 is 51.4 Å². The van der Waals surface area contributed by atoms with Gasteiger partial charge in [0.05, 0.1) is 0 Å². The van der Waals surface area contributed by atoms with Gasteiger partial charge in [0.1, 0.15) is 0 Å². The molecule has 9 heteroatoms. The van der Waals surface area contributed by atoms with Crippen LogP contribution in [0.3, 0.4) is 0 Å². The zero-order valence-electron chi connectivity index (χ0n) is 6.59. The monoisotopic (exact) mass is 226 g/mol. The molecule has 0 rings (SSSR count). The largest absolute Gasteiger partial charge is 1.00 e. The molecule has 1 N–H and O–H groups in total. The maximum atomic E-state index is 11.4. The van der Waals surface area contributed by atoms with E-state index in [0.717, 1.165) is 0 Å². The molecule has 0 aliphatic carbocycles. The SMILES string of the molecule is OC(F)(C(F)(F)F)C(F)(F)F.[H-].[K+]. The molecule has 0 saturated carbocycles. The van der Waals surface area contributed by atoms with Gasteiger partial charge in [-0.25, -0.2) is 0 Å². The number of hydrogen-bond donors (Lipinski definition) is 1. The van der Waals surface area contributed by atoms with E-state index < -0.39 is 18.2 Å². The second-order valence-corrected chi connectivity index (χ2v) is 1.62. The van der Waals surface area contributed by atoms with Crippen LogP contribution in [0.1, 0.15) is 1.43 Å². The van der Waals surface area contributed by atoms with Gasteiger partial charge < -0.3 is 6.53 Å². The fourth-order valence-corrected chi connectivity index (χ4v) is 0.161. The van der Waals surface area contributed by atoms with Crippen LogP contribution in [0.4, 0.5) is 30.7 Å². The van der Waals surface area contributed by atoms with Crippen LogP contribution in [-0.4, -0.2) is 23.3 Å². The van der Waals surface area contributed by atoms with E-state index in [0.29, 0.717) is 0 Å². The zero-order valence-corrected chi connectivity index (χ0v) is 8.72. The van der Waals surface area contributed by atoms with Crippen LogP contribution in [0.5, 0.6) is 0 Å². The Bertz CT molecular complexity index is 135. The summed E-state index contributed by atoms with van der Waals surface area (Å²) >= 11 is 0. The normalized spacial score (nSPS) is 14.0. The second-order valence-electron chi connectivity index (χ2n) is 1.62. The Hall–Kier alpha value is 1.11. The van der Waals surface area contributed by atoms with Gasteiger partial charge >= 0.3 is 69.6 Å². The van der Waals surface area contributed by atoms with Crippen molar-refractivity contribution in [3.05, 3.63) is 0 Å². The van der Waals surface area contributed by atoms with Gasteiger partial charge in [-0.2, -0.15) is 30.7 Å². The van der Waals surface area contributed by atoms with E-state index in [2.05, 4.69) is 0 Å². The molecule has 0 heterocycles. The van der Waals surface area contributed by atoms with Crippen LogP contribution in [0.25, 0.3) is 0 Å². The molecule has 0 bridgehead atoms. The van der Waals surface area contributed by atoms with Gasteiger partial charge in [-0.05, 0) is 0 Å².